The lowest BCUT2D eigenvalue weighted by atomic mass is 10.1. The number of ether oxygens (including phenoxy) is 2. The zero-order valence-electron chi connectivity index (χ0n) is 14.8. The van der Waals surface area contributed by atoms with Crippen molar-refractivity contribution in [1.29, 1.82) is 0 Å². The molecule has 4 aromatic rings. The quantitative estimate of drug-likeness (QED) is 0.454. The normalized spacial score (nSPS) is 10.8. The van der Waals surface area contributed by atoms with Gasteiger partial charge in [0.25, 0.3) is 0 Å². The largest absolute Gasteiger partial charge is 0.482 e. The number of halogens is 1. The Balaban J connectivity index is 1.40. The maximum atomic E-state index is 13.1. The number of nitrogens with zero attached hydrogens (tertiary/aromatic N) is 1. The van der Waals surface area contributed by atoms with Gasteiger partial charge in [-0.05, 0) is 42.0 Å². The van der Waals surface area contributed by atoms with Crippen LogP contribution in [0.25, 0.3) is 22.2 Å². The Kier molecular flexibility index (Phi) is 5.01. The first-order valence-corrected chi connectivity index (χ1v) is 8.67. The summed E-state index contributed by atoms with van der Waals surface area (Å²) in [5.74, 6) is -0.314. The van der Waals surface area contributed by atoms with Gasteiger partial charge < -0.3 is 14.0 Å². The van der Waals surface area contributed by atoms with Crippen LogP contribution in [0.5, 0.6) is 5.75 Å². The molecule has 0 N–H and O–H groups in total. The third-order valence-electron chi connectivity index (χ3n) is 4.16. The van der Waals surface area contributed by atoms with Crippen molar-refractivity contribution in [3.8, 4) is 17.0 Å². The van der Waals surface area contributed by atoms with Gasteiger partial charge in [-0.3, -0.25) is 0 Å². The maximum absolute atomic E-state index is 13.1. The molecule has 0 unspecified atom stereocenters. The van der Waals surface area contributed by atoms with E-state index in [9.17, 15) is 9.18 Å². The molecule has 28 heavy (non-hydrogen) atoms. The average Bonchev–Trinajstić information content (AvgIpc) is 3.15. The van der Waals surface area contributed by atoms with Gasteiger partial charge in [-0.1, -0.05) is 35.5 Å². The molecule has 0 saturated carbocycles. The Hall–Kier alpha value is -3.67. The van der Waals surface area contributed by atoms with Crippen molar-refractivity contribution in [2.75, 3.05) is 6.61 Å². The van der Waals surface area contributed by atoms with Crippen molar-refractivity contribution in [3.63, 3.8) is 0 Å². The van der Waals surface area contributed by atoms with Gasteiger partial charge in [0, 0.05) is 17.0 Å². The molecule has 0 amide bonds. The Morgan fingerprint density at radius 1 is 1.00 bits per heavy atom. The molecular weight excluding hydrogens is 361 g/mol. The molecule has 6 heteroatoms. The summed E-state index contributed by atoms with van der Waals surface area (Å²) in [7, 11) is 0. The first kappa shape index (κ1) is 17.7. The summed E-state index contributed by atoms with van der Waals surface area (Å²) in [6.45, 7) is -0.0114. The van der Waals surface area contributed by atoms with Crippen molar-refractivity contribution in [1.82, 2.24) is 5.16 Å². The molecule has 0 aliphatic heterocycles. The fraction of sp³-hybridized carbons (Fsp3) is 0.0909. The van der Waals surface area contributed by atoms with Crippen LogP contribution in [0.1, 0.15) is 5.56 Å². The van der Waals surface area contributed by atoms with E-state index in [1.54, 1.807) is 30.3 Å². The molecule has 3 aromatic carbocycles. The summed E-state index contributed by atoms with van der Waals surface area (Å²) >= 11 is 0. The highest BCUT2D eigenvalue weighted by atomic mass is 19.1. The van der Waals surface area contributed by atoms with Crippen molar-refractivity contribution in [2.24, 2.45) is 0 Å². The van der Waals surface area contributed by atoms with E-state index >= 15 is 0 Å². The van der Waals surface area contributed by atoms with Crippen LogP contribution in [0.2, 0.25) is 0 Å². The zero-order valence-corrected chi connectivity index (χ0v) is 14.8. The third-order valence-corrected chi connectivity index (χ3v) is 4.16. The summed E-state index contributed by atoms with van der Waals surface area (Å²) in [6, 6.07) is 20.6. The minimum absolute atomic E-state index is 0.200. The topological polar surface area (TPSA) is 61.6 Å². The van der Waals surface area contributed by atoms with E-state index < -0.39 is 5.97 Å². The number of benzene rings is 3. The van der Waals surface area contributed by atoms with Crippen molar-refractivity contribution in [3.05, 3.63) is 84.2 Å². The highest BCUT2D eigenvalue weighted by molar-refractivity contribution is 5.92. The molecule has 0 spiro atoms. The molecule has 1 aromatic heterocycles. The van der Waals surface area contributed by atoms with Crippen molar-refractivity contribution in [2.45, 2.75) is 6.61 Å². The Morgan fingerprint density at radius 2 is 1.79 bits per heavy atom. The maximum Gasteiger partial charge on any atom is 0.344 e. The van der Waals surface area contributed by atoms with Crippen LogP contribution < -0.4 is 4.74 Å². The van der Waals surface area contributed by atoms with Crippen LogP contribution in [0.3, 0.4) is 0 Å². The number of aromatic nitrogens is 1. The number of esters is 1. The van der Waals surface area contributed by atoms with E-state index in [1.807, 2.05) is 30.3 Å². The molecule has 0 radical (unpaired) electrons. The van der Waals surface area contributed by atoms with Crippen LogP contribution in [0.4, 0.5) is 4.39 Å². The van der Waals surface area contributed by atoms with Gasteiger partial charge >= 0.3 is 5.97 Å². The highest BCUT2D eigenvalue weighted by Crippen LogP contribution is 2.30. The molecule has 0 bridgehead atoms. The molecule has 5 nitrogen and oxygen atoms in total. The summed E-state index contributed by atoms with van der Waals surface area (Å²) < 4.78 is 29.1. The Morgan fingerprint density at radius 3 is 2.57 bits per heavy atom. The lowest BCUT2D eigenvalue weighted by molar-refractivity contribution is -0.147. The van der Waals surface area contributed by atoms with E-state index in [2.05, 4.69) is 5.16 Å². The fourth-order valence-electron chi connectivity index (χ4n) is 2.75. The van der Waals surface area contributed by atoms with Crippen molar-refractivity contribution < 1.29 is 23.2 Å². The minimum Gasteiger partial charge on any atom is -0.482 e. The zero-order chi connectivity index (χ0) is 19.3. The smallest absolute Gasteiger partial charge is 0.344 e. The predicted octanol–water partition coefficient (Wildman–Crippen LogP) is 4.76. The third kappa shape index (κ3) is 4.01. The molecule has 0 aliphatic rings. The number of rotatable bonds is 6. The summed E-state index contributed by atoms with van der Waals surface area (Å²) in [5.41, 5.74) is 2.78. The second-order valence-corrected chi connectivity index (χ2v) is 6.13. The molecule has 0 fully saturated rings. The predicted molar refractivity (Wildman–Crippen MR) is 101 cm³/mol. The number of carbonyl (C=O) groups is 1. The molecule has 140 valence electrons. The Labute approximate surface area is 160 Å². The van der Waals surface area contributed by atoms with Crippen LogP contribution >= 0.6 is 0 Å². The summed E-state index contributed by atoms with van der Waals surface area (Å²) in [6.07, 6.45) is 0. The number of carbonyl (C=O) groups excluding carboxylic acids is 1. The molecule has 0 saturated heterocycles. The fourth-order valence-corrected chi connectivity index (χ4v) is 2.75. The van der Waals surface area contributed by atoms with Crippen LogP contribution in [-0.4, -0.2) is 17.7 Å². The first-order valence-electron chi connectivity index (χ1n) is 8.67. The molecule has 0 atom stereocenters. The van der Waals surface area contributed by atoms with Gasteiger partial charge in [0.1, 0.15) is 23.9 Å². The summed E-state index contributed by atoms with van der Waals surface area (Å²) in [4.78, 5) is 11.9. The number of fused-ring (bicyclic) bond motifs is 1. The van der Waals surface area contributed by atoms with E-state index in [0.29, 0.717) is 17.0 Å². The molecular formula is C22H16FNO4. The van der Waals surface area contributed by atoms with Crippen molar-refractivity contribution >= 4 is 16.9 Å². The van der Waals surface area contributed by atoms with Crippen LogP contribution in [0, 0.1) is 5.82 Å². The van der Waals surface area contributed by atoms with Crippen LogP contribution in [-0.2, 0) is 16.1 Å². The Bertz CT molecular complexity index is 1090. The second-order valence-electron chi connectivity index (χ2n) is 6.13. The average molecular weight is 377 g/mol. The minimum atomic E-state index is -0.464. The molecule has 4 rings (SSSR count). The van der Waals surface area contributed by atoms with Gasteiger partial charge in [-0.25, -0.2) is 9.18 Å². The first-order chi connectivity index (χ1) is 13.7. The molecule has 0 aliphatic carbocycles. The number of hydrogen-bond donors (Lipinski definition) is 0. The lowest BCUT2D eigenvalue weighted by Crippen LogP contribution is -2.14. The second kappa shape index (κ2) is 7.92. The van der Waals surface area contributed by atoms with Gasteiger partial charge in [0.15, 0.2) is 12.2 Å². The van der Waals surface area contributed by atoms with E-state index in [-0.39, 0.29) is 19.0 Å². The van der Waals surface area contributed by atoms with Gasteiger partial charge in [-0.2, -0.15) is 0 Å². The lowest BCUT2D eigenvalue weighted by Gasteiger charge is -2.07. The van der Waals surface area contributed by atoms with Crippen LogP contribution in [0.15, 0.2) is 77.3 Å². The SMILES string of the molecule is O=C(COc1ccc2c(-c3ccc(F)cc3)noc2c1)OCc1ccccc1. The van der Waals surface area contributed by atoms with E-state index in [4.69, 9.17) is 14.0 Å². The highest BCUT2D eigenvalue weighted by Gasteiger charge is 2.12. The van der Waals surface area contributed by atoms with Gasteiger partial charge in [0.05, 0.1) is 0 Å². The van der Waals surface area contributed by atoms with E-state index in [0.717, 1.165) is 16.5 Å². The van der Waals surface area contributed by atoms with E-state index in [1.165, 1.54) is 12.1 Å². The standard InChI is InChI=1S/C22H16FNO4/c23-17-8-6-16(7-9-17)22-19-11-10-18(12-20(19)28-24-22)26-14-21(25)27-13-15-4-2-1-3-5-15/h1-12H,13-14H2. The van der Waals surface area contributed by atoms with Gasteiger partial charge in [0.2, 0.25) is 0 Å². The molecule has 1 heterocycles. The number of hydrogen-bond acceptors (Lipinski definition) is 5. The van der Waals surface area contributed by atoms with Gasteiger partial charge in [-0.15, -0.1) is 0 Å². The summed E-state index contributed by atoms with van der Waals surface area (Å²) in [5, 5.41) is 4.82. The monoisotopic (exact) mass is 377 g/mol.